The van der Waals surface area contributed by atoms with E-state index in [0.29, 0.717) is 36.9 Å². The number of nitrogens with zero attached hydrogens (tertiary/aromatic N) is 1. The Labute approximate surface area is 190 Å². The van der Waals surface area contributed by atoms with Crippen LogP contribution in [0.25, 0.3) is 6.08 Å². The van der Waals surface area contributed by atoms with E-state index in [2.05, 4.69) is 4.90 Å². The fraction of sp³-hybridized carbons (Fsp3) is 0.192. The molecule has 7 nitrogen and oxygen atoms in total. The summed E-state index contributed by atoms with van der Waals surface area (Å²) in [4.78, 5) is 15.2. The number of hydrogen-bond donors (Lipinski definition) is 0. The molecular weight excluding hydrogens is 422 g/mol. The third kappa shape index (κ3) is 3.56. The first-order chi connectivity index (χ1) is 16.2. The lowest BCUT2D eigenvalue weighted by molar-refractivity contribution is 0.0872. The zero-order chi connectivity index (χ0) is 22.4. The van der Waals surface area contributed by atoms with E-state index in [1.807, 2.05) is 48.5 Å². The number of fused-ring (bicyclic) bond motifs is 4. The molecule has 0 bridgehead atoms. The Balaban J connectivity index is 1.26. The second-order valence-corrected chi connectivity index (χ2v) is 8.08. The molecule has 6 rings (SSSR count). The van der Waals surface area contributed by atoms with Gasteiger partial charge in [-0.05, 0) is 53.6 Å². The molecule has 0 saturated heterocycles. The van der Waals surface area contributed by atoms with Gasteiger partial charge < -0.3 is 23.7 Å². The molecule has 0 aromatic heterocycles. The molecule has 0 unspecified atom stereocenters. The summed E-state index contributed by atoms with van der Waals surface area (Å²) < 4.78 is 28.2. The van der Waals surface area contributed by atoms with Crippen molar-refractivity contribution < 1.29 is 28.5 Å². The second-order valence-electron chi connectivity index (χ2n) is 8.08. The first kappa shape index (κ1) is 19.7. The highest BCUT2D eigenvalue weighted by molar-refractivity contribution is 6.15. The summed E-state index contributed by atoms with van der Waals surface area (Å²) in [7, 11) is 1.61. The number of methoxy groups -OCH3 is 1. The average Bonchev–Trinajstić information content (AvgIpc) is 3.43. The second kappa shape index (κ2) is 7.86. The van der Waals surface area contributed by atoms with Crippen LogP contribution in [0.5, 0.6) is 28.7 Å². The van der Waals surface area contributed by atoms with Crippen molar-refractivity contribution in [3.63, 3.8) is 0 Å². The first-order valence-electron chi connectivity index (χ1n) is 10.7. The molecule has 0 saturated carbocycles. The molecule has 3 aromatic carbocycles. The van der Waals surface area contributed by atoms with Gasteiger partial charge in [0.1, 0.15) is 24.0 Å². The lowest BCUT2D eigenvalue weighted by atomic mass is 10.0. The lowest BCUT2D eigenvalue weighted by Crippen LogP contribution is -2.31. The largest absolute Gasteiger partial charge is 0.497 e. The molecule has 0 atom stereocenters. The number of rotatable bonds is 4. The molecular formula is C26H21NO6. The molecule has 0 fully saturated rings. The first-order valence-corrected chi connectivity index (χ1v) is 10.7. The Morgan fingerprint density at radius 2 is 1.88 bits per heavy atom. The monoisotopic (exact) mass is 443 g/mol. The van der Waals surface area contributed by atoms with E-state index in [9.17, 15) is 4.79 Å². The fourth-order valence-electron chi connectivity index (χ4n) is 4.29. The van der Waals surface area contributed by atoms with Crippen LogP contribution in [0.4, 0.5) is 0 Å². The van der Waals surface area contributed by atoms with Crippen molar-refractivity contribution in [2.24, 2.45) is 0 Å². The van der Waals surface area contributed by atoms with Gasteiger partial charge in [-0.15, -0.1) is 0 Å². The normalized spacial score (nSPS) is 17.4. The van der Waals surface area contributed by atoms with Crippen LogP contribution in [0.2, 0.25) is 0 Å². The minimum absolute atomic E-state index is 0.136. The molecule has 166 valence electrons. The Morgan fingerprint density at radius 1 is 1.00 bits per heavy atom. The minimum atomic E-state index is -0.136. The number of benzene rings is 3. The van der Waals surface area contributed by atoms with Gasteiger partial charge in [-0.25, -0.2) is 0 Å². The molecule has 0 N–H and O–H groups in total. The number of carbonyl (C=O) groups is 1. The highest BCUT2D eigenvalue weighted by Gasteiger charge is 2.33. The number of ether oxygens (including phenoxy) is 5. The van der Waals surface area contributed by atoms with Crippen molar-refractivity contribution in [3.8, 4) is 28.7 Å². The molecule has 0 amide bonds. The van der Waals surface area contributed by atoms with Crippen molar-refractivity contribution in [1.29, 1.82) is 0 Å². The summed E-state index contributed by atoms with van der Waals surface area (Å²) in [6, 6.07) is 17.1. The van der Waals surface area contributed by atoms with Crippen LogP contribution in [0.15, 0.2) is 60.4 Å². The third-order valence-electron chi connectivity index (χ3n) is 5.92. The van der Waals surface area contributed by atoms with Gasteiger partial charge in [0.05, 0.1) is 18.2 Å². The zero-order valence-electron chi connectivity index (χ0n) is 18.0. The summed E-state index contributed by atoms with van der Waals surface area (Å²) >= 11 is 0. The lowest BCUT2D eigenvalue weighted by Gasteiger charge is -2.29. The average molecular weight is 443 g/mol. The highest BCUT2D eigenvalue weighted by Crippen LogP contribution is 2.42. The van der Waals surface area contributed by atoms with Gasteiger partial charge in [0.25, 0.3) is 0 Å². The van der Waals surface area contributed by atoms with E-state index in [-0.39, 0.29) is 12.6 Å². The summed E-state index contributed by atoms with van der Waals surface area (Å²) in [5.41, 5.74) is 3.35. The number of hydrogen-bond acceptors (Lipinski definition) is 7. The number of ketones is 1. The molecule has 3 heterocycles. The van der Waals surface area contributed by atoms with Crippen LogP contribution >= 0.6 is 0 Å². The van der Waals surface area contributed by atoms with Crippen LogP contribution in [0.3, 0.4) is 0 Å². The molecule has 0 spiro atoms. The van der Waals surface area contributed by atoms with Crippen molar-refractivity contribution in [2.75, 3.05) is 20.6 Å². The van der Waals surface area contributed by atoms with E-state index in [1.54, 1.807) is 19.3 Å². The van der Waals surface area contributed by atoms with Gasteiger partial charge in [-0.1, -0.05) is 18.2 Å². The van der Waals surface area contributed by atoms with Gasteiger partial charge in [0.2, 0.25) is 12.6 Å². The highest BCUT2D eigenvalue weighted by atomic mass is 16.7. The Morgan fingerprint density at radius 3 is 2.79 bits per heavy atom. The Hall–Kier alpha value is -3.97. The third-order valence-corrected chi connectivity index (χ3v) is 5.92. The predicted octanol–water partition coefficient (Wildman–Crippen LogP) is 4.39. The minimum Gasteiger partial charge on any atom is -0.497 e. The quantitative estimate of drug-likeness (QED) is 0.554. The van der Waals surface area contributed by atoms with Crippen LogP contribution in [-0.2, 0) is 13.1 Å². The summed E-state index contributed by atoms with van der Waals surface area (Å²) in [5, 5.41) is 0. The van der Waals surface area contributed by atoms with E-state index in [1.165, 1.54) is 0 Å². The predicted molar refractivity (Wildman–Crippen MR) is 120 cm³/mol. The number of allylic oxidation sites excluding steroid dienone is 1. The van der Waals surface area contributed by atoms with Gasteiger partial charge in [-0.2, -0.15) is 0 Å². The van der Waals surface area contributed by atoms with Crippen molar-refractivity contribution >= 4 is 11.9 Å². The van der Waals surface area contributed by atoms with Crippen LogP contribution in [0.1, 0.15) is 27.0 Å². The van der Waals surface area contributed by atoms with E-state index >= 15 is 0 Å². The van der Waals surface area contributed by atoms with Gasteiger partial charge in [0.15, 0.2) is 17.3 Å². The Bertz CT molecular complexity index is 1300. The van der Waals surface area contributed by atoms with Crippen LogP contribution in [0, 0.1) is 0 Å². The molecule has 7 heteroatoms. The van der Waals surface area contributed by atoms with Gasteiger partial charge in [0, 0.05) is 13.1 Å². The number of carbonyl (C=O) groups excluding carboxylic acids is 1. The maximum Gasteiger partial charge on any atom is 0.231 e. The summed E-state index contributed by atoms with van der Waals surface area (Å²) in [5.74, 6) is 3.71. The maximum absolute atomic E-state index is 13.0. The van der Waals surface area contributed by atoms with Crippen molar-refractivity contribution in [2.45, 2.75) is 13.1 Å². The topological polar surface area (TPSA) is 66.5 Å². The van der Waals surface area contributed by atoms with Crippen molar-refractivity contribution in [1.82, 2.24) is 4.90 Å². The zero-order valence-corrected chi connectivity index (χ0v) is 18.0. The molecule has 0 radical (unpaired) electrons. The molecule has 0 aliphatic carbocycles. The van der Waals surface area contributed by atoms with E-state index in [4.69, 9.17) is 23.7 Å². The Kier molecular flexibility index (Phi) is 4.69. The molecule has 3 aliphatic rings. The number of Topliss-reactive ketones (excluding diaryl/α,β-unsaturated/α-hetero) is 1. The van der Waals surface area contributed by atoms with Gasteiger partial charge in [-0.3, -0.25) is 9.69 Å². The fourth-order valence-corrected chi connectivity index (χ4v) is 4.29. The van der Waals surface area contributed by atoms with Crippen LogP contribution in [-0.4, -0.2) is 31.3 Å². The van der Waals surface area contributed by atoms with Gasteiger partial charge >= 0.3 is 0 Å². The van der Waals surface area contributed by atoms with E-state index < -0.39 is 0 Å². The van der Waals surface area contributed by atoms with Crippen LogP contribution < -0.4 is 23.7 Å². The smallest absolute Gasteiger partial charge is 0.231 e. The maximum atomic E-state index is 13.0. The standard InChI is InChI=1S/C26H21NO6/c1-29-18-4-2-3-16(9-18)10-24-25(28)19-6-8-21-20(26(19)33-24)13-27(14-30-21)12-17-5-7-22-23(11-17)32-15-31-22/h2-11H,12-15H2,1H3/b24-10-. The SMILES string of the molecule is COc1cccc(/C=C2\Oc3c(ccc4c3CN(Cc3ccc5c(c3)OCO5)CO4)C2=O)c1. The summed E-state index contributed by atoms with van der Waals surface area (Å²) in [6.45, 7) is 1.97. The summed E-state index contributed by atoms with van der Waals surface area (Å²) in [6.07, 6.45) is 1.74. The van der Waals surface area contributed by atoms with Crippen molar-refractivity contribution in [3.05, 3.63) is 82.6 Å². The van der Waals surface area contributed by atoms with E-state index in [0.717, 1.165) is 39.7 Å². The molecule has 33 heavy (non-hydrogen) atoms. The molecule has 3 aromatic rings. The molecule has 3 aliphatic heterocycles.